The van der Waals surface area contributed by atoms with Crippen molar-refractivity contribution in [3.63, 3.8) is 0 Å². The van der Waals surface area contributed by atoms with Gasteiger partial charge in [-0.2, -0.15) is 0 Å². The Morgan fingerprint density at radius 3 is 2.85 bits per heavy atom. The van der Waals surface area contributed by atoms with E-state index in [4.69, 9.17) is 4.42 Å². The lowest BCUT2D eigenvalue weighted by atomic mass is 9.69. The molecule has 3 heteroatoms. The molecular weight excluding hydrogens is 250 g/mol. The Morgan fingerprint density at radius 2 is 2.20 bits per heavy atom. The molecule has 3 nitrogen and oxygen atoms in total. The van der Waals surface area contributed by atoms with Crippen LogP contribution in [0, 0.1) is 25.7 Å². The van der Waals surface area contributed by atoms with E-state index in [9.17, 15) is 5.11 Å². The lowest BCUT2D eigenvalue weighted by molar-refractivity contribution is -0.0613. The molecule has 3 rings (SSSR count). The molecule has 2 heterocycles. The first-order valence-corrected chi connectivity index (χ1v) is 8.02. The normalized spacial score (nSPS) is 34.4. The fourth-order valence-corrected chi connectivity index (χ4v) is 4.23. The molecule has 3 atom stereocenters. The van der Waals surface area contributed by atoms with Crippen LogP contribution in [-0.4, -0.2) is 28.7 Å². The number of furan rings is 1. The number of rotatable bonds is 3. The number of fused-ring (bicyclic) bond motifs is 1. The smallest absolute Gasteiger partial charge is 0.118 e. The summed E-state index contributed by atoms with van der Waals surface area (Å²) in [7, 11) is 0. The summed E-state index contributed by atoms with van der Waals surface area (Å²) in [6.45, 7) is 9.28. The van der Waals surface area contributed by atoms with Gasteiger partial charge in [0.15, 0.2) is 0 Å². The second-order valence-corrected chi connectivity index (χ2v) is 6.86. The maximum atomic E-state index is 10.8. The fraction of sp³-hybridized carbons (Fsp3) is 0.765. The van der Waals surface area contributed by atoms with Crippen LogP contribution in [0.3, 0.4) is 0 Å². The molecule has 0 amide bonds. The van der Waals surface area contributed by atoms with E-state index in [1.54, 1.807) is 0 Å². The van der Waals surface area contributed by atoms with E-state index in [0.717, 1.165) is 44.0 Å². The summed E-state index contributed by atoms with van der Waals surface area (Å²) in [4.78, 5) is 2.47. The molecule has 2 fully saturated rings. The average molecular weight is 277 g/mol. The van der Waals surface area contributed by atoms with Crippen molar-refractivity contribution >= 4 is 0 Å². The lowest BCUT2D eigenvalue weighted by Crippen LogP contribution is -2.44. The van der Waals surface area contributed by atoms with Crippen LogP contribution in [-0.2, 0) is 6.54 Å². The van der Waals surface area contributed by atoms with Gasteiger partial charge in [-0.1, -0.05) is 13.3 Å². The van der Waals surface area contributed by atoms with E-state index in [2.05, 4.69) is 24.8 Å². The van der Waals surface area contributed by atoms with E-state index in [1.807, 2.05) is 6.92 Å². The molecular formula is C17H27NO2. The van der Waals surface area contributed by atoms with Crippen LogP contribution < -0.4 is 0 Å². The first-order chi connectivity index (χ1) is 9.51. The van der Waals surface area contributed by atoms with Gasteiger partial charge in [-0.25, -0.2) is 0 Å². The molecule has 0 aromatic carbocycles. The minimum atomic E-state index is -0.424. The summed E-state index contributed by atoms with van der Waals surface area (Å²) in [5.74, 6) is 3.23. The van der Waals surface area contributed by atoms with Gasteiger partial charge in [0.1, 0.15) is 11.5 Å². The van der Waals surface area contributed by atoms with Gasteiger partial charge < -0.3 is 9.52 Å². The molecule has 1 N–H and O–H groups in total. The molecule has 0 unspecified atom stereocenters. The molecule has 0 radical (unpaired) electrons. The third-order valence-electron chi connectivity index (χ3n) is 5.60. The Kier molecular flexibility index (Phi) is 3.67. The number of nitrogens with zero attached hydrogens (tertiary/aromatic N) is 1. The van der Waals surface area contributed by atoms with Crippen molar-refractivity contribution in [3.05, 3.63) is 23.2 Å². The molecule has 1 aromatic rings. The summed E-state index contributed by atoms with van der Waals surface area (Å²) in [5, 5.41) is 10.8. The third kappa shape index (κ3) is 2.42. The number of aryl methyl sites for hydroxylation is 2. The quantitative estimate of drug-likeness (QED) is 0.921. The zero-order valence-electron chi connectivity index (χ0n) is 13.0. The van der Waals surface area contributed by atoms with E-state index in [-0.39, 0.29) is 0 Å². The standard InChI is InChI=1S/C17H27NO2/c1-4-17(19)7-5-6-14-9-18(11-16(14)17)10-15-8-12(2)13(3)20-15/h8,14,16,19H,4-7,9-11H2,1-3H3/t14-,16+,17-/m1/s1. The molecule has 1 saturated heterocycles. The number of likely N-dealkylation sites (tertiary alicyclic amines) is 1. The second-order valence-electron chi connectivity index (χ2n) is 6.86. The molecule has 0 spiro atoms. The Balaban J connectivity index is 1.69. The van der Waals surface area contributed by atoms with Crippen LogP contribution in [0.4, 0.5) is 0 Å². The minimum absolute atomic E-state index is 0.424. The summed E-state index contributed by atoms with van der Waals surface area (Å²) >= 11 is 0. The van der Waals surface area contributed by atoms with Gasteiger partial charge in [0.2, 0.25) is 0 Å². The highest BCUT2D eigenvalue weighted by atomic mass is 16.3. The number of hydrogen-bond donors (Lipinski definition) is 1. The van der Waals surface area contributed by atoms with Crippen LogP contribution in [0.25, 0.3) is 0 Å². The Hall–Kier alpha value is -0.800. The van der Waals surface area contributed by atoms with Gasteiger partial charge in [0.25, 0.3) is 0 Å². The van der Waals surface area contributed by atoms with Crippen LogP contribution in [0.1, 0.15) is 49.7 Å². The topological polar surface area (TPSA) is 36.6 Å². The maximum Gasteiger partial charge on any atom is 0.118 e. The van der Waals surface area contributed by atoms with Gasteiger partial charge in [-0.15, -0.1) is 0 Å². The van der Waals surface area contributed by atoms with Crippen LogP contribution in [0.15, 0.2) is 10.5 Å². The molecule has 20 heavy (non-hydrogen) atoms. The lowest BCUT2D eigenvalue weighted by Gasteiger charge is -2.40. The molecule has 1 aliphatic carbocycles. The van der Waals surface area contributed by atoms with E-state index < -0.39 is 5.60 Å². The summed E-state index contributed by atoms with van der Waals surface area (Å²) in [5.41, 5.74) is 0.814. The molecule has 1 saturated carbocycles. The fourth-order valence-electron chi connectivity index (χ4n) is 4.23. The SMILES string of the molecule is CC[C@@]1(O)CCC[C@@H]2CN(Cc3cc(C)c(C)o3)C[C@@H]21. The Labute approximate surface area is 122 Å². The largest absolute Gasteiger partial charge is 0.465 e. The second kappa shape index (κ2) is 5.19. The third-order valence-corrected chi connectivity index (χ3v) is 5.60. The highest BCUT2D eigenvalue weighted by molar-refractivity contribution is 5.18. The van der Waals surface area contributed by atoms with Crippen LogP contribution in [0.5, 0.6) is 0 Å². The predicted octanol–water partition coefficient (Wildman–Crippen LogP) is 3.27. The van der Waals surface area contributed by atoms with Crippen molar-refractivity contribution in [2.75, 3.05) is 13.1 Å². The van der Waals surface area contributed by atoms with Crippen molar-refractivity contribution in [1.82, 2.24) is 4.90 Å². The van der Waals surface area contributed by atoms with E-state index in [0.29, 0.717) is 11.8 Å². The first-order valence-electron chi connectivity index (χ1n) is 8.02. The van der Waals surface area contributed by atoms with Gasteiger partial charge in [0, 0.05) is 19.0 Å². The Morgan fingerprint density at radius 1 is 1.40 bits per heavy atom. The zero-order chi connectivity index (χ0) is 14.3. The Bertz CT molecular complexity index is 462. The summed E-state index contributed by atoms with van der Waals surface area (Å²) < 4.78 is 5.80. The highest BCUT2D eigenvalue weighted by Crippen LogP contribution is 2.44. The zero-order valence-corrected chi connectivity index (χ0v) is 13.0. The van der Waals surface area contributed by atoms with E-state index in [1.165, 1.54) is 18.4 Å². The van der Waals surface area contributed by atoms with Crippen LogP contribution >= 0.6 is 0 Å². The summed E-state index contributed by atoms with van der Waals surface area (Å²) in [6, 6.07) is 2.16. The van der Waals surface area contributed by atoms with Crippen molar-refractivity contribution in [2.24, 2.45) is 11.8 Å². The van der Waals surface area contributed by atoms with E-state index >= 15 is 0 Å². The summed E-state index contributed by atoms with van der Waals surface area (Å²) in [6.07, 6.45) is 4.33. The average Bonchev–Trinajstić information content (AvgIpc) is 2.95. The van der Waals surface area contributed by atoms with Gasteiger partial charge in [0.05, 0.1) is 12.1 Å². The van der Waals surface area contributed by atoms with Crippen molar-refractivity contribution in [1.29, 1.82) is 0 Å². The van der Waals surface area contributed by atoms with Crippen molar-refractivity contribution in [2.45, 2.75) is 58.6 Å². The molecule has 1 aliphatic heterocycles. The maximum absolute atomic E-state index is 10.8. The molecule has 112 valence electrons. The number of aliphatic hydroxyl groups is 1. The first kappa shape index (κ1) is 14.2. The van der Waals surface area contributed by atoms with Crippen molar-refractivity contribution < 1.29 is 9.52 Å². The van der Waals surface area contributed by atoms with Crippen LogP contribution in [0.2, 0.25) is 0 Å². The van der Waals surface area contributed by atoms with Crippen molar-refractivity contribution in [3.8, 4) is 0 Å². The monoisotopic (exact) mass is 277 g/mol. The van der Waals surface area contributed by atoms with Gasteiger partial charge in [-0.05, 0) is 50.7 Å². The molecule has 1 aromatic heterocycles. The minimum Gasteiger partial charge on any atom is -0.465 e. The highest BCUT2D eigenvalue weighted by Gasteiger charge is 2.47. The van der Waals surface area contributed by atoms with Gasteiger partial charge in [-0.3, -0.25) is 4.90 Å². The molecule has 2 aliphatic rings. The predicted molar refractivity (Wildman–Crippen MR) is 79.5 cm³/mol. The molecule has 0 bridgehead atoms. The van der Waals surface area contributed by atoms with Gasteiger partial charge >= 0.3 is 0 Å². The number of hydrogen-bond acceptors (Lipinski definition) is 3.